The van der Waals surface area contributed by atoms with Gasteiger partial charge < -0.3 is 5.11 Å². The number of pyridine rings is 1. The summed E-state index contributed by atoms with van der Waals surface area (Å²) in [6.07, 6.45) is 7.22. The van der Waals surface area contributed by atoms with Crippen LogP contribution < -0.4 is 0 Å². The lowest BCUT2D eigenvalue weighted by molar-refractivity contribution is -0.131. The van der Waals surface area contributed by atoms with Crippen LogP contribution in [0.4, 0.5) is 0 Å². The Kier molecular flexibility index (Phi) is 6.54. The third-order valence-electron chi connectivity index (χ3n) is 6.17. The first kappa shape index (κ1) is 23.0. The molecule has 0 saturated carbocycles. The van der Waals surface area contributed by atoms with Gasteiger partial charge in [0.25, 0.3) is 0 Å². The Morgan fingerprint density at radius 3 is 2.50 bits per heavy atom. The maximum atomic E-state index is 10.9. The minimum absolute atomic E-state index is 0.825. The fraction of sp³-hybridized carbons (Fsp3) is 0.0645. The van der Waals surface area contributed by atoms with Crippen molar-refractivity contribution in [3.05, 3.63) is 126 Å². The number of fused-ring (bicyclic) bond motifs is 1. The molecule has 0 radical (unpaired) electrons. The highest BCUT2D eigenvalue weighted by Gasteiger charge is 2.15. The van der Waals surface area contributed by atoms with Gasteiger partial charge in [0.2, 0.25) is 0 Å². The molecule has 2 heterocycles. The molecule has 0 atom stereocenters. The fourth-order valence-corrected chi connectivity index (χ4v) is 4.47. The number of hydrogen-bond acceptors (Lipinski definition) is 3. The van der Waals surface area contributed by atoms with Gasteiger partial charge in [0.15, 0.2) is 0 Å². The number of carboxylic acid groups (broad SMARTS) is 1. The molecule has 2 aromatic heterocycles. The molecule has 5 aromatic rings. The number of aromatic amines is 1. The first-order chi connectivity index (χ1) is 17.6. The number of hydrogen-bond donors (Lipinski definition) is 2. The van der Waals surface area contributed by atoms with Crippen molar-refractivity contribution < 1.29 is 9.90 Å². The van der Waals surface area contributed by atoms with Crippen LogP contribution in [0.25, 0.3) is 39.4 Å². The van der Waals surface area contributed by atoms with Gasteiger partial charge in [-0.1, -0.05) is 61.5 Å². The Hall–Kier alpha value is -4.77. The molecule has 36 heavy (non-hydrogen) atoms. The number of allylic oxidation sites excluding steroid dienone is 1. The molecule has 0 spiro atoms. The normalized spacial score (nSPS) is 12.1. The number of nitrogens with one attached hydrogen (secondary N) is 1. The second-order valence-corrected chi connectivity index (χ2v) is 8.47. The summed E-state index contributed by atoms with van der Waals surface area (Å²) in [6, 6.07) is 28.8. The van der Waals surface area contributed by atoms with Gasteiger partial charge in [0.05, 0.1) is 17.4 Å². The lowest BCUT2D eigenvalue weighted by Gasteiger charge is -2.17. The molecule has 0 aliphatic rings. The third kappa shape index (κ3) is 4.86. The van der Waals surface area contributed by atoms with Crippen molar-refractivity contribution in [2.45, 2.75) is 13.3 Å². The summed E-state index contributed by atoms with van der Waals surface area (Å²) in [5.74, 6) is -0.964. The first-order valence-corrected chi connectivity index (χ1v) is 11.8. The van der Waals surface area contributed by atoms with Crippen LogP contribution in [0.2, 0.25) is 0 Å². The molecule has 0 aliphatic carbocycles. The smallest absolute Gasteiger partial charge is 0.328 e. The molecule has 176 valence electrons. The molecule has 5 heteroatoms. The minimum atomic E-state index is -0.964. The van der Waals surface area contributed by atoms with Gasteiger partial charge in [-0.2, -0.15) is 5.10 Å². The molecule has 2 N–H and O–H groups in total. The molecular weight excluding hydrogens is 446 g/mol. The van der Waals surface area contributed by atoms with Gasteiger partial charge >= 0.3 is 5.97 Å². The van der Waals surface area contributed by atoms with Crippen LogP contribution in [-0.2, 0) is 4.79 Å². The van der Waals surface area contributed by atoms with Crippen molar-refractivity contribution >= 4 is 34.1 Å². The number of benzene rings is 3. The van der Waals surface area contributed by atoms with Crippen molar-refractivity contribution in [2.75, 3.05) is 0 Å². The number of aromatic nitrogens is 3. The highest BCUT2D eigenvalue weighted by molar-refractivity contribution is 6.01. The van der Waals surface area contributed by atoms with Gasteiger partial charge in [0, 0.05) is 23.2 Å². The van der Waals surface area contributed by atoms with Crippen LogP contribution in [-0.4, -0.2) is 26.3 Å². The third-order valence-corrected chi connectivity index (χ3v) is 6.17. The van der Waals surface area contributed by atoms with E-state index in [1.165, 1.54) is 5.57 Å². The molecule has 0 amide bonds. The molecule has 5 nitrogen and oxygen atoms in total. The summed E-state index contributed by atoms with van der Waals surface area (Å²) in [7, 11) is 0. The van der Waals surface area contributed by atoms with Gasteiger partial charge in [-0.15, -0.1) is 0 Å². The summed E-state index contributed by atoms with van der Waals surface area (Å²) < 4.78 is 0. The summed E-state index contributed by atoms with van der Waals surface area (Å²) in [5, 5.41) is 17.2. The van der Waals surface area contributed by atoms with E-state index in [0.29, 0.717) is 0 Å². The lowest BCUT2D eigenvalue weighted by atomic mass is 9.87. The molecule has 5 rings (SSSR count). The molecule has 0 saturated heterocycles. The van der Waals surface area contributed by atoms with Crippen LogP contribution >= 0.6 is 0 Å². The number of nitrogens with zero attached hydrogens (tertiary/aromatic N) is 2. The number of rotatable bonds is 7. The molecular formula is C31H25N3O2. The molecule has 0 fully saturated rings. The predicted octanol–water partition coefficient (Wildman–Crippen LogP) is 7.09. The second kappa shape index (κ2) is 10.2. The average Bonchev–Trinajstić information content (AvgIpc) is 3.39. The summed E-state index contributed by atoms with van der Waals surface area (Å²) >= 11 is 0. The lowest BCUT2D eigenvalue weighted by Crippen LogP contribution is -1.96. The quantitative estimate of drug-likeness (QED) is 0.196. The zero-order valence-electron chi connectivity index (χ0n) is 19.8. The van der Waals surface area contributed by atoms with E-state index in [9.17, 15) is 4.79 Å². The zero-order valence-corrected chi connectivity index (χ0v) is 19.8. The SMILES string of the molecule is CCC(=C(c1ccc(C=CC(=O)O)cc1)c1ccc2[nH]ncc2c1)c1cccc(-c2ccccn2)c1. The standard InChI is InChI=1S/C31H25N3O2/c1-2-27(23-6-5-7-24(18-23)28-8-3-4-17-32-28)31(25-14-15-29-26(19-25)20-33-34-29)22-12-9-21(10-13-22)11-16-30(35)36/h3-20H,2H2,1H3,(H,33,34)(H,35,36). The maximum Gasteiger partial charge on any atom is 0.328 e. The summed E-state index contributed by atoms with van der Waals surface area (Å²) in [5.41, 5.74) is 9.46. The van der Waals surface area contributed by atoms with Gasteiger partial charge in [-0.25, -0.2) is 4.79 Å². The predicted molar refractivity (Wildman–Crippen MR) is 145 cm³/mol. The van der Waals surface area contributed by atoms with E-state index >= 15 is 0 Å². The van der Waals surface area contributed by atoms with Crippen LogP contribution in [0.3, 0.4) is 0 Å². The van der Waals surface area contributed by atoms with E-state index in [2.05, 4.69) is 76.7 Å². The zero-order chi connectivity index (χ0) is 24.9. The van der Waals surface area contributed by atoms with E-state index in [4.69, 9.17) is 5.11 Å². The highest BCUT2D eigenvalue weighted by atomic mass is 16.4. The molecule has 0 aliphatic heterocycles. The van der Waals surface area contributed by atoms with Gasteiger partial charge in [-0.05, 0) is 76.2 Å². The Labute approximate surface area is 209 Å². The Bertz CT molecular complexity index is 1580. The van der Waals surface area contributed by atoms with Gasteiger partial charge in [0.1, 0.15) is 0 Å². The molecule has 0 bridgehead atoms. The number of H-pyrrole nitrogens is 1. The largest absolute Gasteiger partial charge is 0.478 e. The topological polar surface area (TPSA) is 78.9 Å². The highest BCUT2D eigenvalue weighted by Crippen LogP contribution is 2.36. The average molecular weight is 472 g/mol. The van der Waals surface area contributed by atoms with E-state index in [1.807, 2.05) is 42.7 Å². The number of carboxylic acids is 1. The Morgan fingerprint density at radius 2 is 1.75 bits per heavy atom. The van der Waals surface area contributed by atoms with E-state index in [1.54, 1.807) is 6.08 Å². The van der Waals surface area contributed by atoms with Crippen LogP contribution in [0.15, 0.2) is 103 Å². The van der Waals surface area contributed by atoms with E-state index < -0.39 is 5.97 Å². The van der Waals surface area contributed by atoms with Crippen LogP contribution in [0.5, 0.6) is 0 Å². The van der Waals surface area contributed by atoms with E-state index in [0.717, 1.165) is 62.5 Å². The second-order valence-electron chi connectivity index (χ2n) is 8.47. The van der Waals surface area contributed by atoms with Crippen LogP contribution in [0.1, 0.15) is 35.6 Å². The monoisotopic (exact) mass is 471 g/mol. The minimum Gasteiger partial charge on any atom is -0.478 e. The molecule has 0 unspecified atom stereocenters. The van der Waals surface area contributed by atoms with Crippen molar-refractivity contribution in [1.82, 2.24) is 15.2 Å². The van der Waals surface area contributed by atoms with Crippen molar-refractivity contribution in [1.29, 1.82) is 0 Å². The van der Waals surface area contributed by atoms with Crippen molar-refractivity contribution in [3.63, 3.8) is 0 Å². The van der Waals surface area contributed by atoms with Gasteiger partial charge in [-0.3, -0.25) is 10.1 Å². The van der Waals surface area contributed by atoms with Crippen molar-refractivity contribution in [3.8, 4) is 11.3 Å². The number of carbonyl (C=O) groups is 1. The van der Waals surface area contributed by atoms with Crippen molar-refractivity contribution in [2.24, 2.45) is 0 Å². The Balaban J connectivity index is 1.69. The fourth-order valence-electron chi connectivity index (χ4n) is 4.47. The Morgan fingerprint density at radius 1 is 0.917 bits per heavy atom. The van der Waals surface area contributed by atoms with E-state index in [-0.39, 0.29) is 0 Å². The summed E-state index contributed by atoms with van der Waals surface area (Å²) in [4.78, 5) is 15.5. The number of aliphatic carboxylic acids is 1. The van der Waals surface area contributed by atoms with Crippen LogP contribution in [0, 0.1) is 0 Å². The maximum absolute atomic E-state index is 10.9. The summed E-state index contributed by atoms with van der Waals surface area (Å²) in [6.45, 7) is 2.17. The first-order valence-electron chi connectivity index (χ1n) is 11.8. The molecule has 3 aromatic carbocycles.